The molecule has 0 spiro atoms. The Labute approximate surface area is 131 Å². The van der Waals surface area contributed by atoms with Gasteiger partial charge in [-0.1, -0.05) is 11.6 Å². The Balaban J connectivity index is 2.28. The maximum absolute atomic E-state index is 9.45. The zero-order chi connectivity index (χ0) is 15.9. The minimum Gasteiger partial charge on any atom is -0.489 e. The van der Waals surface area contributed by atoms with Crippen LogP contribution in [0.15, 0.2) is 12.4 Å². The van der Waals surface area contributed by atoms with E-state index in [0.29, 0.717) is 22.5 Å². The molecule has 1 aromatic carbocycles. The first-order valence-corrected chi connectivity index (χ1v) is 6.98. The Morgan fingerprint density at radius 2 is 2.32 bits per heavy atom. The van der Waals surface area contributed by atoms with E-state index in [1.54, 1.807) is 0 Å². The van der Waals surface area contributed by atoms with Crippen molar-refractivity contribution in [2.24, 2.45) is 0 Å². The lowest BCUT2D eigenvalue weighted by Crippen LogP contribution is -2.35. The fourth-order valence-corrected chi connectivity index (χ4v) is 2.83. The van der Waals surface area contributed by atoms with Gasteiger partial charge in [-0.3, -0.25) is 0 Å². The Kier molecular flexibility index (Phi) is 3.79. The van der Waals surface area contributed by atoms with Gasteiger partial charge in [-0.05, 0) is 6.07 Å². The number of aromatic nitrogens is 2. The van der Waals surface area contributed by atoms with Crippen molar-refractivity contribution in [3.8, 4) is 11.8 Å². The van der Waals surface area contributed by atoms with Crippen LogP contribution in [0.25, 0.3) is 10.9 Å². The average Bonchev–Trinajstić information content (AvgIpc) is 2.63. The molecule has 0 aliphatic carbocycles. The van der Waals surface area contributed by atoms with E-state index in [1.807, 2.05) is 11.9 Å². The van der Waals surface area contributed by atoms with E-state index in [9.17, 15) is 10.0 Å². The van der Waals surface area contributed by atoms with E-state index in [4.69, 9.17) is 21.6 Å². The summed E-state index contributed by atoms with van der Waals surface area (Å²) in [5.74, 6) is 0.906. The Bertz CT molecular complexity index is 780. The molecule has 7 nitrogen and oxygen atoms in total. The number of benzene rings is 1. The van der Waals surface area contributed by atoms with Crippen LogP contribution in [-0.4, -0.2) is 46.8 Å². The van der Waals surface area contributed by atoms with Crippen molar-refractivity contribution in [3.63, 3.8) is 0 Å². The minimum absolute atomic E-state index is 0.115. The molecule has 0 unspecified atom stereocenters. The topological polar surface area (TPSA) is 102 Å². The predicted molar refractivity (Wildman–Crippen MR) is 82.3 cm³/mol. The van der Waals surface area contributed by atoms with Gasteiger partial charge < -0.3 is 19.7 Å². The minimum atomic E-state index is -1.73. The molecule has 1 aliphatic heterocycles. The predicted octanol–water partition coefficient (Wildman–Crippen LogP) is 0.0739. The summed E-state index contributed by atoms with van der Waals surface area (Å²) in [7, 11) is 0.0938. The second-order valence-corrected chi connectivity index (χ2v) is 5.39. The van der Waals surface area contributed by atoms with Crippen LogP contribution >= 0.6 is 11.6 Å². The van der Waals surface area contributed by atoms with Gasteiger partial charge in [-0.25, -0.2) is 9.97 Å². The molecule has 0 fully saturated rings. The van der Waals surface area contributed by atoms with Crippen LogP contribution in [0, 0.1) is 11.3 Å². The summed E-state index contributed by atoms with van der Waals surface area (Å²) < 4.78 is 5.75. The molecule has 1 aromatic heterocycles. The fraction of sp³-hybridized carbons (Fsp3) is 0.308. The number of likely N-dealkylation sites (N-methyl/N-ethyl adjacent to an activating group) is 1. The fourth-order valence-electron chi connectivity index (χ4n) is 2.52. The van der Waals surface area contributed by atoms with E-state index < -0.39 is 7.12 Å². The molecule has 1 atom stereocenters. The highest BCUT2D eigenvalue weighted by Gasteiger charge is 2.29. The largest absolute Gasteiger partial charge is 0.490 e. The molecule has 0 radical (unpaired) electrons. The van der Waals surface area contributed by atoms with E-state index in [1.165, 1.54) is 12.4 Å². The lowest BCUT2D eigenvalue weighted by atomic mass is 9.79. The van der Waals surface area contributed by atoms with Gasteiger partial charge in [-0.2, -0.15) is 5.26 Å². The van der Waals surface area contributed by atoms with E-state index in [2.05, 4.69) is 16.0 Å². The van der Waals surface area contributed by atoms with Gasteiger partial charge in [0.2, 0.25) is 0 Å². The Morgan fingerprint density at radius 1 is 1.55 bits per heavy atom. The smallest absolute Gasteiger partial charge is 0.489 e. The molecule has 0 saturated heterocycles. The van der Waals surface area contributed by atoms with Crippen LogP contribution in [0.2, 0.25) is 5.02 Å². The highest BCUT2D eigenvalue weighted by Crippen LogP contribution is 2.39. The molecule has 2 aromatic rings. The summed E-state index contributed by atoms with van der Waals surface area (Å²) in [6.07, 6.45) is 1.65. The van der Waals surface area contributed by atoms with Crippen molar-refractivity contribution >= 4 is 40.9 Å². The van der Waals surface area contributed by atoms with Crippen LogP contribution in [0.1, 0.15) is 6.42 Å². The number of ether oxygens (including phenoxy) is 1. The van der Waals surface area contributed by atoms with Gasteiger partial charge in [0, 0.05) is 12.5 Å². The van der Waals surface area contributed by atoms with Crippen molar-refractivity contribution in [1.82, 2.24) is 9.97 Å². The van der Waals surface area contributed by atoms with Crippen LogP contribution in [0.3, 0.4) is 0 Å². The Hall–Kier alpha value is -2.08. The molecule has 22 heavy (non-hydrogen) atoms. The summed E-state index contributed by atoms with van der Waals surface area (Å²) >= 11 is 6.25. The number of nitriles is 1. The summed E-state index contributed by atoms with van der Waals surface area (Å²) in [6, 6.07) is 3.43. The third kappa shape index (κ3) is 2.24. The SMILES string of the molecule is CN1c2ncnc3cc(B(O)O)c(Cl)c(c23)OC[C@@H]1CC#N. The van der Waals surface area contributed by atoms with Gasteiger partial charge >= 0.3 is 7.12 Å². The molecule has 3 rings (SSSR count). The normalized spacial score (nSPS) is 16.9. The second kappa shape index (κ2) is 5.61. The van der Waals surface area contributed by atoms with E-state index in [-0.39, 0.29) is 29.6 Å². The lowest BCUT2D eigenvalue weighted by Gasteiger charge is -2.24. The van der Waals surface area contributed by atoms with Crippen molar-refractivity contribution in [1.29, 1.82) is 5.26 Å². The second-order valence-electron chi connectivity index (χ2n) is 5.01. The van der Waals surface area contributed by atoms with Gasteiger partial charge in [0.1, 0.15) is 18.8 Å². The van der Waals surface area contributed by atoms with Crippen molar-refractivity contribution in [3.05, 3.63) is 17.4 Å². The first-order valence-electron chi connectivity index (χ1n) is 6.60. The molecule has 1 aliphatic rings. The molecular weight excluding hydrogens is 306 g/mol. The third-order valence-corrected chi connectivity index (χ3v) is 4.13. The maximum Gasteiger partial charge on any atom is 0.490 e. The highest BCUT2D eigenvalue weighted by atomic mass is 35.5. The molecule has 2 N–H and O–H groups in total. The van der Waals surface area contributed by atoms with Gasteiger partial charge in [0.25, 0.3) is 0 Å². The highest BCUT2D eigenvalue weighted by molar-refractivity contribution is 6.63. The van der Waals surface area contributed by atoms with Gasteiger partial charge in [-0.15, -0.1) is 0 Å². The Morgan fingerprint density at radius 3 is 3.00 bits per heavy atom. The molecule has 9 heteroatoms. The van der Waals surface area contributed by atoms with Crippen LogP contribution in [-0.2, 0) is 0 Å². The summed E-state index contributed by atoms with van der Waals surface area (Å²) in [5.41, 5.74) is 0.618. The number of hydrogen-bond donors (Lipinski definition) is 2. The number of nitrogens with zero attached hydrogens (tertiary/aromatic N) is 4. The molecule has 0 bridgehead atoms. The summed E-state index contributed by atoms with van der Waals surface area (Å²) in [4.78, 5) is 10.3. The zero-order valence-corrected chi connectivity index (χ0v) is 12.4. The zero-order valence-electron chi connectivity index (χ0n) is 11.7. The number of halogens is 1. The van der Waals surface area contributed by atoms with E-state index >= 15 is 0 Å². The van der Waals surface area contributed by atoms with Crippen LogP contribution in [0.5, 0.6) is 5.75 Å². The lowest BCUT2D eigenvalue weighted by molar-refractivity contribution is 0.293. The molecule has 2 heterocycles. The summed E-state index contributed by atoms with van der Waals surface area (Å²) in [6.45, 7) is 0.236. The van der Waals surface area contributed by atoms with Crippen molar-refractivity contribution < 1.29 is 14.8 Å². The van der Waals surface area contributed by atoms with E-state index in [0.717, 1.165) is 0 Å². The van der Waals surface area contributed by atoms with Gasteiger partial charge in [0.05, 0.1) is 34.5 Å². The average molecular weight is 319 g/mol. The monoisotopic (exact) mass is 318 g/mol. The molecule has 0 saturated carbocycles. The molecular formula is C13H12BClN4O3. The summed E-state index contributed by atoms with van der Waals surface area (Å²) in [5, 5.41) is 28.6. The number of rotatable bonds is 2. The number of hydrogen-bond acceptors (Lipinski definition) is 7. The third-order valence-electron chi connectivity index (χ3n) is 3.74. The maximum atomic E-state index is 9.45. The van der Waals surface area contributed by atoms with Gasteiger partial charge in [0.15, 0.2) is 5.75 Å². The first kappa shape index (κ1) is 14.8. The van der Waals surface area contributed by atoms with Crippen molar-refractivity contribution in [2.45, 2.75) is 12.5 Å². The van der Waals surface area contributed by atoms with Crippen LogP contribution < -0.4 is 15.1 Å². The quantitative estimate of drug-likeness (QED) is 0.756. The standard InChI is InChI=1S/C13H12BClN4O3/c1-19-7(2-3-16)5-22-12-10-9(17-6-18-13(10)19)4-8(11(12)15)14(20)21/h4,6-7,20-21H,2,5H2,1H3/t7-/m0/s1. The first-order chi connectivity index (χ1) is 10.5. The molecule has 112 valence electrons. The van der Waals surface area contributed by atoms with Crippen molar-refractivity contribution in [2.75, 3.05) is 18.6 Å². The van der Waals surface area contributed by atoms with Crippen LogP contribution in [0.4, 0.5) is 5.82 Å². The number of anilines is 1. The molecule has 0 amide bonds.